The highest BCUT2D eigenvalue weighted by atomic mass is 79.9. The Bertz CT molecular complexity index is 258. The van der Waals surface area contributed by atoms with E-state index in [9.17, 15) is 5.21 Å². The van der Waals surface area contributed by atoms with Gasteiger partial charge in [0.15, 0.2) is 11.9 Å². The minimum atomic E-state index is 0.609. The lowest BCUT2D eigenvalue weighted by atomic mass is 10.4. The number of unbranched alkanes of at least 4 members (excludes halogenated alkanes) is 1. The summed E-state index contributed by atoms with van der Waals surface area (Å²) >= 11 is 3.22. The van der Waals surface area contributed by atoms with Gasteiger partial charge in [0.05, 0.1) is 11.1 Å². The molecule has 0 bridgehead atoms. The molecule has 1 heterocycles. The van der Waals surface area contributed by atoms with E-state index in [-0.39, 0.29) is 0 Å². The lowest BCUT2D eigenvalue weighted by molar-refractivity contribution is -0.606. The number of aromatic nitrogens is 1. The second-order valence-electron chi connectivity index (χ2n) is 2.75. The number of ether oxygens (including phenoxy) is 1. The third kappa shape index (κ3) is 3.63. The molecule has 1 aromatic heterocycles. The van der Waals surface area contributed by atoms with E-state index in [1.807, 2.05) is 0 Å². The Balaban J connectivity index is 2.56. The van der Waals surface area contributed by atoms with Crippen molar-refractivity contribution in [3.05, 3.63) is 28.1 Å². The average Bonchev–Trinajstić information content (AvgIpc) is 2.03. The SMILES string of the molecule is CCCCOc1cc(Br)c[n+]([O-])c1. The molecule has 0 radical (unpaired) electrons. The summed E-state index contributed by atoms with van der Waals surface area (Å²) in [5.74, 6) is 0.609. The van der Waals surface area contributed by atoms with Gasteiger partial charge in [-0.05, 0) is 22.4 Å². The smallest absolute Gasteiger partial charge is 0.222 e. The van der Waals surface area contributed by atoms with Gasteiger partial charge in [-0.2, -0.15) is 4.73 Å². The van der Waals surface area contributed by atoms with E-state index in [0.29, 0.717) is 12.4 Å². The molecule has 0 amide bonds. The fourth-order valence-electron chi connectivity index (χ4n) is 0.908. The van der Waals surface area contributed by atoms with Crippen LogP contribution in [0.25, 0.3) is 0 Å². The van der Waals surface area contributed by atoms with Gasteiger partial charge < -0.3 is 9.94 Å². The molecule has 0 fully saturated rings. The molecule has 3 nitrogen and oxygen atoms in total. The van der Waals surface area contributed by atoms with Crippen LogP contribution in [0.15, 0.2) is 22.9 Å². The van der Waals surface area contributed by atoms with E-state index in [4.69, 9.17) is 4.74 Å². The zero-order chi connectivity index (χ0) is 9.68. The zero-order valence-electron chi connectivity index (χ0n) is 7.50. The molecule has 0 atom stereocenters. The summed E-state index contributed by atoms with van der Waals surface area (Å²) in [7, 11) is 0. The molecule has 0 spiro atoms. The van der Waals surface area contributed by atoms with Gasteiger partial charge in [-0.1, -0.05) is 13.3 Å². The normalized spacial score (nSPS) is 10.0. The predicted octanol–water partition coefficient (Wildman–Crippen LogP) is 2.26. The van der Waals surface area contributed by atoms with Crippen molar-refractivity contribution in [1.29, 1.82) is 0 Å². The van der Waals surface area contributed by atoms with Gasteiger partial charge in [0.1, 0.15) is 0 Å². The van der Waals surface area contributed by atoms with E-state index in [0.717, 1.165) is 22.0 Å². The molecule has 0 saturated carbocycles. The van der Waals surface area contributed by atoms with Crippen LogP contribution in [0.2, 0.25) is 0 Å². The van der Waals surface area contributed by atoms with Crippen molar-refractivity contribution in [2.45, 2.75) is 19.8 Å². The maximum atomic E-state index is 11.0. The molecule has 0 N–H and O–H groups in total. The summed E-state index contributed by atoms with van der Waals surface area (Å²) in [4.78, 5) is 0. The average molecular weight is 246 g/mol. The molecule has 0 aliphatic carbocycles. The Morgan fingerprint density at radius 1 is 1.54 bits per heavy atom. The van der Waals surface area contributed by atoms with E-state index in [2.05, 4.69) is 22.9 Å². The molecule has 1 rings (SSSR count). The second-order valence-corrected chi connectivity index (χ2v) is 3.67. The van der Waals surface area contributed by atoms with Crippen LogP contribution in [0, 0.1) is 5.21 Å². The lowest BCUT2D eigenvalue weighted by Crippen LogP contribution is -2.24. The number of nitrogens with zero attached hydrogens (tertiary/aromatic N) is 1. The van der Waals surface area contributed by atoms with Gasteiger partial charge in [-0.25, -0.2) is 0 Å². The van der Waals surface area contributed by atoms with Crippen molar-refractivity contribution < 1.29 is 9.47 Å². The van der Waals surface area contributed by atoms with Gasteiger partial charge >= 0.3 is 0 Å². The van der Waals surface area contributed by atoms with Crippen LogP contribution in [0.3, 0.4) is 0 Å². The third-order valence-electron chi connectivity index (χ3n) is 1.55. The van der Waals surface area contributed by atoms with Crippen molar-refractivity contribution in [2.75, 3.05) is 6.61 Å². The minimum absolute atomic E-state index is 0.609. The molecule has 0 aromatic carbocycles. The molecule has 4 heteroatoms. The van der Waals surface area contributed by atoms with Crippen molar-refractivity contribution in [3.63, 3.8) is 0 Å². The Labute approximate surface area is 86.1 Å². The van der Waals surface area contributed by atoms with E-state index >= 15 is 0 Å². The first-order chi connectivity index (χ1) is 6.22. The Morgan fingerprint density at radius 3 is 2.92 bits per heavy atom. The summed E-state index contributed by atoms with van der Waals surface area (Å²) in [5, 5.41) is 11.0. The topological polar surface area (TPSA) is 36.2 Å². The number of rotatable bonds is 4. The van der Waals surface area contributed by atoms with E-state index in [1.54, 1.807) is 6.07 Å². The van der Waals surface area contributed by atoms with Crippen LogP contribution in [-0.4, -0.2) is 6.61 Å². The Kier molecular flexibility index (Phi) is 4.02. The molecule has 0 saturated heterocycles. The zero-order valence-corrected chi connectivity index (χ0v) is 9.08. The first-order valence-corrected chi connectivity index (χ1v) is 5.04. The first kappa shape index (κ1) is 10.3. The molecular weight excluding hydrogens is 234 g/mol. The maximum Gasteiger partial charge on any atom is 0.222 e. The van der Waals surface area contributed by atoms with Gasteiger partial charge in [-0.15, -0.1) is 0 Å². The third-order valence-corrected chi connectivity index (χ3v) is 1.99. The maximum absolute atomic E-state index is 11.0. The van der Waals surface area contributed by atoms with Crippen LogP contribution in [0.4, 0.5) is 0 Å². The van der Waals surface area contributed by atoms with E-state index < -0.39 is 0 Å². The van der Waals surface area contributed by atoms with Crippen LogP contribution < -0.4 is 9.47 Å². The van der Waals surface area contributed by atoms with Gasteiger partial charge in [0.25, 0.3) is 0 Å². The second kappa shape index (κ2) is 5.07. The largest absolute Gasteiger partial charge is 0.619 e. The molecule has 0 aliphatic heterocycles. The Morgan fingerprint density at radius 2 is 2.31 bits per heavy atom. The van der Waals surface area contributed by atoms with Gasteiger partial charge in [-0.3, -0.25) is 0 Å². The lowest BCUT2D eigenvalue weighted by Gasteiger charge is -2.04. The number of halogens is 1. The molecular formula is C9H12BrNO2. The van der Waals surface area contributed by atoms with E-state index in [1.165, 1.54) is 12.4 Å². The standard InChI is InChI=1S/C9H12BrNO2/c1-2-3-4-13-9-5-8(10)6-11(12)7-9/h5-7H,2-4H2,1H3. The molecule has 0 aliphatic rings. The van der Waals surface area contributed by atoms with Crippen molar-refractivity contribution in [2.24, 2.45) is 0 Å². The van der Waals surface area contributed by atoms with Crippen LogP contribution >= 0.6 is 15.9 Å². The fraction of sp³-hybridized carbons (Fsp3) is 0.444. The van der Waals surface area contributed by atoms with Crippen molar-refractivity contribution >= 4 is 15.9 Å². The molecule has 0 unspecified atom stereocenters. The predicted molar refractivity (Wildman–Crippen MR) is 53.5 cm³/mol. The van der Waals surface area contributed by atoms with Crippen LogP contribution in [0.1, 0.15) is 19.8 Å². The summed E-state index contributed by atoms with van der Waals surface area (Å²) in [6.07, 6.45) is 4.95. The summed E-state index contributed by atoms with van der Waals surface area (Å²) in [6, 6.07) is 1.78. The number of pyridine rings is 1. The summed E-state index contributed by atoms with van der Waals surface area (Å²) in [5.41, 5.74) is 0. The van der Waals surface area contributed by atoms with Crippen molar-refractivity contribution in [3.8, 4) is 5.75 Å². The first-order valence-electron chi connectivity index (χ1n) is 4.24. The van der Waals surface area contributed by atoms with Gasteiger partial charge in [0, 0.05) is 6.07 Å². The van der Waals surface area contributed by atoms with Gasteiger partial charge in [0.2, 0.25) is 6.20 Å². The summed E-state index contributed by atoms with van der Waals surface area (Å²) in [6.45, 7) is 2.75. The highest BCUT2D eigenvalue weighted by Gasteiger charge is 2.01. The quantitative estimate of drug-likeness (QED) is 0.464. The molecule has 13 heavy (non-hydrogen) atoms. The number of hydrogen-bond donors (Lipinski definition) is 0. The van der Waals surface area contributed by atoms with Crippen molar-refractivity contribution in [1.82, 2.24) is 0 Å². The molecule has 72 valence electrons. The van der Waals surface area contributed by atoms with Crippen LogP contribution in [0.5, 0.6) is 5.75 Å². The monoisotopic (exact) mass is 245 g/mol. The molecule has 1 aromatic rings. The number of hydrogen-bond acceptors (Lipinski definition) is 2. The van der Waals surface area contributed by atoms with Crippen LogP contribution in [-0.2, 0) is 0 Å². The highest BCUT2D eigenvalue weighted by molar-refractivity contribution is 9.10. The fourth-order valence-corrected chi connectivity index (χ4v) is 1.34. The Hall–Kier alpha value is -0.770. The minimum Gasteiger partial charge on any atom is -0.619 e. The summed E-state index contributed by atoms with van der Waals surface area (Å²) < 4.78 is 6.82. The highest BCUT2D eigenvalue weighted by Crippen LogP contribution is 2.14.